The van der Waals surface area contributed by atoms with Gasteiger partial charge in [-0.3, -0.25) is 9.59 Å². The third-order valence-electron chi connectivity index (χ3n) is 12.6. The van der Waals surface area contributed by atoms with E-state index in [2.05, 4.69) is 0 Å². The minimum absolute atomic E-state index is 0.00347. The standard InChI is InChI=1S/C28H34O15.C15H10O7.C10H12O5/c1-10-21(33)23(35)25(37)27(39-10)43-26-24(36)22(34)19(9-29)42-28(26)40-12-6-14(31)20-15(32)8-17(41-18(20)7-12)11-3-4-16(38-2)13(30)5-11;16-7-4-10(19)12-11(5-7)22-15(14(21)13(12)20)6-1-2-8(17)9(18)3-6;1-2-3-15-10(14)6-4-7(11)9(13)8(12)5-6/h3-7,10,17,19,21-31,33-37H,8-9H2,1-2H3;1-5,16-19,21H;4-5,11-13H,2-3H2,1H3/t10-,17?,19+,21-,22+,23+,24-,25+,26+,27-,28+;;/m0../s1. The molecule has 1 aromatic heterocycles. The van der Waals surface area contributed by atoms with Crippen molar-refractivity contribution in [3.05, 3.63) is 99.7 Å². The molecule has 0 radical (unpaired) electrons. The number of methoxy groups -OCH3 is 1. The fourth-order valence-corrected chi connectivity index (χ4v) is 8.42. The van der Waals surface area contributed by atoms with Crippen LogP contribution in [0.3, 0.4) is 0 Å². The molecule has 2 fully saturated rings. The molecule has 27 nitrogen and oxygen atoms in total. The van der Waals surface area contributed by atoms with Crippen molar-refractivity contribution >= 4 is 22.7 Å². The minimum Gasteiger partial charge on any atom is -0.508 e. The van der Waals surface area contributed by atoms with Gasteiger partial charge < -0.3 is 119 Å². The molecule has 4 heterocycles. The third-order valence-corrected chi connectivity index (χ3v) is 12.6. The van der Waals surface area contributed by atoms with Crippen LogP contribution in [0.2, 0.25) is 0 Å². The number of ether oxygens (including phenoxy) is 7. The highest BCUT2D eigenvalue weighted by Gasteiger charge is 2.51. The molecular formula is C53H56O27. The molecule has 16 N–H and O–H groups in total. The Hall–Kier alpha value is -8.51. The number of phenols is 9. The normalized spacial score (nSPS) is 24.2. The average Bonchev–Trinajstić information content (AvgIpc) is 3.55. The van der Waals surface area contributed by atoms with Crippen LogP contribution in [-0.2, 0) is 18.9 Å². The van der Waals surface area contributed by atoms with Crippen LogP contribution in [-0.4, -0.2) is 175 Å². The van der Waals surface area contributed by atoms with Crippen molar-refractivity contribution in [3.8, 4) is 86.1 Å². The van der Waals surface area contributed by atoms with E-state index < -0.39 is 132 Å². The number of ketones is 1. The van der Waals surface area contributed by atoms with Crippen LogP contribution in [0.25, 0.3) is 22.3 Å². The number of carbonyl (C=O) groups is 2. The van der Waals surface area contributed by atoms with Crippen molar-refractivity contribution in [1.29, 1.82) is 0 Å². The molecule has 1 unspecified atom stereocenters. The Morgan fingerprint density at radius 1 is 0.675 bits per heavy atom. The van der Waals surface area contributed by atoms with E-state index in [0.29, 0.717) is 12.0 Å². The van der Waals surface area contributed by atoms with E-state index in [1.165, 1.54) is 38.3 Å². The Morgan fingerprint density at radius 2 is 1.38 bits per heavy atom. The molecule has 0 saturated carbocycles. The van der Waals surface area contributed by atoms with Crippen molar-refractivity contribution in [2.45, 2.75) is 94.2 Å². The van der Waals surface area contributed by atoms with Crippen LogP contribution < -0.4 is 19.6 Å². The number of fused-ring (bicyclic) bond motifs is 2. The van der Waals surface area contributed by atoms with Crippen LogP contribution in [0.15, 0.2) is 82.0 Å². The maximum atomic E-state index is 13.0. The maximum Gasteiger partial charge on any atom is 0.338 e. The van der Waals surface area contributed by atoms with Crippen molar-refractivity contribution in [2.75, 3.05) is 20.3 Å². The zero-order valence-corrected chi connectivity index (χ0v) is 42.3. The van der Waals surface area contributed by atoms with E-state index in [0.717, 1.165) is 42.5 Å². The summed E-state index contributed by atoms with van der Waals surface area (Å²) >= 11 is 0. The Morgan fingerprint density at radius 3 is 2.01 bits per heavy atom. The van der Waals surface area contributed by atoms with Crippen LogP contribution in [0.4, 0.5) is 0 Å². The van der Waals surface area contributed by atoms with Gasteiger partial charge in [0.1, 0.15) is 88.0 Å². The van der Waals surface area contributed by atoms with Gasteiger partial charge in [0.25, 0.3) is 0 Å². The van der Waals surface area contributed by atoms with Gasteiger partial charge >= 0.3 is 5.97 Å². The molecule has 2 saturated heterocycles. The van der Waals surface area contributed by atoms with Crippen molar-refractivity contribution in [1.82, 2.24) is 0 Å². The zero-order chi connectivity index (χ0) is 58.6. The topological polar surface area (TPSA) is 453 Å². The molecule has 80 heavy (non-hydrogen) atoms. The highest BCUT2D eigenvalue weighted by atomic mass is 16.8. The highest BCUT2D eigenvalue weighted by Crippen LogP contribution is 2.45. The lowest BCUT2D eigenvalue weighted by molar-refractivity contribution is -0.354. The van der Waals surface area contributed by atoms with E-state index in [-0.39, 0.29) is 80.9 Å². The summed E-state index contributed by atoms with van der Waals surface area (Å²) in [6.45, 7) is 2.81. The van der Waals surface area contributed by atoms with E-state index in [1.807, 2.05) is 6.92 Å². The van der Waals surface area contributed by atoms with E-state index in [4.69, 9.17) is 52.9 Å². The molecule has 9 rings (SSSR count). The summed E-state index contributed by atoms with van der Waals surface area (Å²) in [5, 5.41) is 157. The number of phenolic OH excluding ortho intramolecular Hbond substituents is 9. The first kappa shape index (κ1) is 59.2. The molecule has 27 heteroatoms. The van der Waals surface area contributed by atoms with Gasteiger partial charge in [0.2, 0.25) is 17.5 Å². The van der Waals surface area contributed by atoms with E-state index in [9.17, 15) is 80.8 Å². The molecule has 6 aromatic rings. The Kier molecular flexibility index (Phi) is 18.2. The van der Waals surface area contributed by atoms with Gasteiger partial charge in [-0.05, 0) is 61.4 Å². The molecule has 5 aromatic carbocycles. The fraction of sp³-hybridized carbons (Fsp3) is 0.340. The summed E-state index contributed by atoms with van der Waals surface area (Å²) in [5.41, 5.74) is -0.541. The van der Waals surface area contributed by atoms with Crippen molar-refractivity contribution in [2.24, 2.45) is 0 Å². The maximum absolute atomic E-state index is 13.0. The molecular weight excluding hydrogens is 1070 g/mol. The second kappa shape index (κ2) is 24.7. The molecule has 0 spiro atoms. The smallest absolute Gasteiger partial charge is 0.338 e. The molecule has 0 aliphatic carbocycles. The highest BCUT2D eigenvalue weighted by molar-refractivity contribution is 6.02. The number of aromatic hydroxyl groups is 10. The molecule has 0 amide bonds. The van der Waals surface area contributed by atoms with Gasteiger partial charge in [-0.25, -0.2) is 4.79 Å². The van der Waals surface area contributed by atoms with Crippen molar-refractivity contribution < 1.29 is 129 Å². The quantitative estimate of drug-likeness (QED) is 0.0653. The summed E-state index contributed by atoms with van der Waals surface area (Å²) < 4.78 is 43.8. The van der Waals surface area contributed by atoms with Crippen LogP contribution in [0, 0.1) is 0 Å². The lowest BCUT2D eigenvalue weighted by atomic mass is 9.95. The van der Waals surface area contributed by atoms with E-state index in [1.54, 1.807) is 6.07 Å². The number of esters is 1. The predicted molar refractivity (Wildman–Crippen MR) is 269 cm³/mol. The summed E-state index contributed by atoms with van der Waals surface area (Å²) in [4.78, 5) is 36.4. The minimum atomic E-state index is -1.76. The lowest BCUT2D eigenvalue weighted by Crippen LogP contribution is -2.64. The first-order valence-electron chi connectivity index (χ1n) is 24.1. The average molecular weight is 1130 g/mol. The van der Waals surface area contributed by atoms with Gasteiger partial charge in [-0.1, -0.05) is 13.0 Å². The molecule has 430 valence electrons. The van der Waals surface area contributed by atoms with Crippen LogP contribution >= 0.6 is 0 Å². The second-order valence-corrected chi connectivity index (χ2v) is 18.2. The number of rotatable bonds is 11. The number of hydrogen-bond acceptors (Lipinski definition) is 27. The van der Waals surface area contributed by atoms with Crippen LogP contribution in [0.1, 0.15) is 59.1 Å². The monoisotopic (exact) mass is 1120 g/mol. The SMILES string of the molecule is CCCOC(=O)c1cc(O)c(O)c(O)c1.COc1ccc(C2CC(=O)c3c(O)cc(O[C@@H]4O[C@H](CO)[C@@H](O)[C@H](O)[C@H]4O[C@@H]4O[C@@H](C)[C@H](O)[C@@H](O)[C@H]4O)cc3O2)cc1O.O=c1c(O)c(-c2ccc(O)c(O)c2)oc2cc(O)cc(O)c12. The summed E-state index contributed by atoms with van der Waals surface area (Å²) in [5.74, 6) is -6.19. The zero-order valence-electron chi connectivity index (χ0n) is 42.3. The Balaban J connectivity index is 0.000000206. The van der Waals surface area contributed by atoms with Gasteiger partial charge in [-0.15, -0.1) is 0 Å². The number of aliphatic hydroxyl groups is 6. The summed E-state index contributed by atoms with van der Waals surface area (Å²) in [6.07, 6.45) is -15.7. The van der Waals surface area contributed by atoms with E-state index >= 15 is 0 Å². The number of benzene rings is 5. The van der Waals surface area contributed by atoms with Gasteiger partial charge in [-0.2, -0.15) is 0 Å². The fourth-order valence-electron chi connectivity index (χ4n) is 8.42. The largest absolute Gasteiger partial charge is 0.508 e. The summed E-state index contributed by atoms with van der Waals surface area (Å²) in [7, 11) is 1.39. The lowest BCUT2D eigenvalue weighted by Gasteiger charge is -2.45. The number of carbonyl (C=O) groups excluding carboxylic acids is 2. The summed E-state index contributed by atoms with van der Waals surface area (Å²) in [6, 6.07) is 14.6. The molecule has 3 aliphatic rings. The molecule has 3 aliphatic heterocycles. The first-order chi connectivity index (χ1) is 37.9. The molecule has 0 bridgehead atoms. The van der Waals surface area contributed by atoms with Gasteiger partial charge in [0.15, 0.2) is 64.2 Å². The molecule has 11 atom stereocenters. The first-order valence-corrected chi connectivity index (χ1v) is 24.1. The van der Waals surface area contributed by atoms with Crippen LogP contribution in [0.5, 0.6) is 74.7 Å². The second-order valence-electron chi connectivity index (χ2n) is 18.2. The Labute approximate surface area is 450 Å². The Bertz CT molecular complexity index is 3260. The number of Topliss-reactive ketones (excluding diaryl/α,β-unsaturated/α-hetero) is 1. The predicted octanol–water partition coefficient (Wildman–Crippen LogP) is 2.20. The number of aliphatic hydroxyl groups excluding tert-OH is 6. The van der Waals surface area contributed by atoms with Gasteiger partial charge in [0.05, 0.1) is 38.4 Å². The van der Waals surface area contributed by atoms with Crippen molar-refractivity contribution in [3.63, 3.8) is 0 Å². The third kappa shape index (κ3) is 12.5. The number of hydrogen-bond donors (Lipinski definition) is 16. The van der Waals surface area contributed by atoms with Gasteiger partial charge in [0, 0.05) is 29.8 Å².